The number of carbonyl (C=O) groups is 2. The number of halogens is 4. The lowest BCUT2D eigenvalue weighted by Gasteiger charge is -2.44. The number of nitrogens with zero attached hydrogens (tertiary/aromatic N) is 2. The largest absolute Gasteiger partial charge is 0.417 e. The Labute approximate surface area is 215 Å². The molecule has 1 aliphatic carbocycles. The fourth-order valence-electron chi connectivity index (χ4n) is 5.28. The fraction of sp³-hybridized carbons (Fsp3) is 0.667. The summed E-state index contributed by atoms with van der Waals surface area (Å²) >= 11 is 5.63. The predicted octanol–water partition coefficient (Wildman–Crippen LogP) is 3.61. The molecule has 36 heavy (non-hydrogen) atoms. The molecule has 1 heterocycles. The van der Waals surface area contributed by atoms with Crippen LogP contribution in [0.4, 0.5) is 13.2 Å². The maximum absolute atomic E-state index is 13.2. The van der Waals surface area contributed by atoms with Crippen LogP contribution in [0.1, 0.15) is 55.5 Å². The molecule has 2 amide bonds. The minimum atomic E-state index is -4.72. The summed E-state index contributed by atoms with van der Waals surface area (Å²) in [5.74, 6) is -1.42. The maximum Gasteiger partial charge on any atom is 0.417 e. The van der Waals surface area contributed by atoms with Gasteiger partial charge in [0.2, 0.25) is 5.91 Å². The third-order valence-electron chi connectivity index (χ3n) is 7.30. The van der Waals surface area contributed by atoms with E-state index in [2.05, 4.69) is 24.1 Å². The molecule has 1 aromatic carbocycles. The van der Waals surface area contributed by atoms with Gasteiger partial charge in [-0.3, -0.25) is 9.59 Å². The Bertz CT molecular complexity index is 1100. The number of hydrogen-bond acceptors (Lipinski definition) is 5. The zero-order valence-electron chi connectivity index (χ0n) is 20.8. The SMILES string of the molecule is CC(C)N(C)[C@@H]1CC[C@H](N2CC[C@H](NC(=O)c3ccc(Cl)c(C(F)(F)F)c3)C2=O)[C@H](CS(C)(=O)=O)C1. The number of carbonyl (C=O) groups excluding carboxylic acids is 2. The van der Waals surface area contributed by atoms with E-state index in [1.165, 1.54) is 12.3 Å². The van der Waals surface area contributed by atoms with Crippen LogP contribution >= 0.6 is 11.6 Å². The molecule has 1 saturated heterocycles. The number of likely N-dealkylation sites (tertiary alicyclic amines) is 1. The average molecular weight is 552 g/mol. The van der Waals surface area contributed by atoms with Crippen LogP contribution in [-0.2, 0) is 20.8 Å². The second-order valence-corrected chi connectivity index (χ2v) is 12.8. The molecule has 7 nitrogen and oxygen atoms in total. The topological polar surface area (TPSA) is 86.8 Å². The van der Waals surface area contributed by atoms with Crippen molar-refractivity contribution in [3.05, 3.63) is 34.3 Å². The number of amides is 2. The van der Waals surface area contributed by atoms with Crippen molar-refractivity contribution in [3.8, 4) is 0 Å². The molecule has 1 aliphatic heterocycles. The van der Waals surface area contributed by atoms with Gasteiger partial charge < -0.3 is 15.1 Å². The molecular formula is C24H33ClF3N3O4S. The highest BCUT2D eigenvalue weighted by atomic mass is 35.5. The third kappa shape index (κ3) is 6.72. The first-order valence-corrected chi connectivity index (χ1v) is 14.4. The van der Waals surface area contributed by atoms with E-state index in [-0.39, 0.29) is 35.2 Å². The van der Waals surface area contributed by atoms with Crippen molar-refractivity contribution in [2.75, 3.05) is 25.6 Å². The second kappa shape index (κ2) is 10.9. The molecule has 1 saturated carbocycles. The maximum atomic E-state index is 13.2. The molecule has 12 heteroatoms. The van der Waals surface area contributed by atoms with E-state index in [4.69, 9.17) is 11.6 Å². The van der Waals surface area contributed by atoms with Crippen molar-refractivity contribution in [1.29, 1.82) is 0 Å². The Balaban J connectivity index is 1.73. The number of alkyl halides is 3. The standard InChI is InChI=1S/C24H33ClF3N3O4S/c1-14(2)30(3)17-6-8-21(16(11-17)13-36(4,34)35)31-10-9-20(23(31)33)29-22(32)15-5-7-19(25)18(12-15)24(26,27)28/h5,7,12,14,16-17,20-21H,6,8-11,13H2,1-4H3,(H,29,32)/t16-,17+,20-,21-/m0/s1. The molecule has 1 aromatic rings. The summed E-state index contributed by atoms with van der Waals surface area (Å²) in [4.78, 5) is 29.8. The van der Waals surface area contributed by atoms with Crippen molar-refractivity contribution >= 4 is 33.3 Å². The summed E-state index contributed by atoms with van der Waals surface area (Å²) in [7, 11) is -1.28. The number of nitrogens with one attached hydrogen (secondary N) is 1. The fourth-order valence-corrected chi connectivity index (χ4v) is 6.64. The summed E-state index contributed by atoms with van der Waals surface area (Å²) in [6, 6.07) is 2.18. The first-order chi connectivity index (χ1) is 16.6. The number of benzene rings is 1. The predicted molar refractivity (Wildman–Crippen MR) is 132 cm³/mol. The van der Waals surface area contributed by atoms with Gasteiger partial charge in [0.05, 0.1) is 16.3 Å². The van der Waals surface area contributed by atoms with Crippen molar-refractivity contribution in [2.45, 2.75) is 69.9 Å². The molecule has 0 spiro atoms. The van der Waals surface area contributed by atoms with Crippen LogP contribution in [0.15, 0.2) is 18.2 Å². The molecule has 202 valence electrons. The molecule has 1 N–H and O–H groups in total. The highest BCUT2D eigenvalue weighted by Crippen LogP contribution is 2.36. The van der Waals surface area contributed by atoms with Gasteiger partial charge in [-0.25, -0.2) is 8.42 Å². The van der Waals surface area contributed by atoms with Gasteiger partial charge in [-0.05, 0) is 70.7 Å². The van der Waals surface area contributed by atoms with E-state index >= 15 is 0 Å². The molecule has 2 fully saturated rings. The lowest BCUT2D eigenvalue weighted by atomic mass is 9.81. The van der Waals surface area contributed by atoms with Gasteiger partial charge in [0, 0.05) is 36.5 Å². The van der Waals surface area contributed by atoms with E-state index in [1.807, 2.05) is 7.05 Å². The van der Waals surface area contributed by atoms with Gasteiger partial charge in [0.15, 0.2) is 0 Å². The second-order valence-electron chi connectivity index (χ2n) is 10.2. The van der Waals surface area contributed by atoms with E-state index < -0.39 is 38.5 Å². The minimum Gasteiger partial charge on any atom is -0.340 e. The van der Waals surface area contributed by atoms with Gasteiger partial charge in [0.25, 0.3) is 5.91 Å². The van der Waals surface area contributed by atoms with E-state index in [1.54, 1.807) is 4.90 Å². The molecule has 3 rings (SSSR count). The number of sulfone groups is 1. The van der Waals surface area contributed by atoms with Crippen molar-refractivity contribution < 1.29 is 31.2 Å². The Hall–Kier alpha value is -1.85. The van der Waals surface area contributed by atoms with E-state index in [9.17, 15) is 31.2 Å². The molecule has 2 aliphatic rings. The Morgan fingerprint density at radius 3 is 2.50 bits per heavy atom. The Kier molecular flexibility index (Phi) is 8.67. The first-order valence-electron chi connectivity index (χ1n) is 12.0. The van der Waals surface area contributed by atoms with Crippen LogP contribution in [0.25, 0.3) is 0 Å². The normalized spacial score (nSPS) is 25.6. The summed E-state index contributed by atoms with van der Waals surface area (Å²) in [6.07, 6.45) is -1.15. The van der Waals surface area contributed by atoms with Crippen molar-refractivity contribution in [2.24, 2.45) is 5.92 Å². The molecule has 4 atom stereocenters. The van der Waals surface area contributed by atoms with Crippen LogP contribution < -0.4 is 5.32 Å². The van der Waals surface area contributed by atoms with Crippen molar-refractivity contribution in [1.82, 2.24) is 15.1 Å². The first kappa shape index (κ1) is 28.7. The average Bonchev–Trinajstić information content (AvgIpc) is 3.11. The minimum absolute atomic E-state index is 0.0358. The third-order valence-corrected chi connectivity index (χ3v) is 8.66. The van der Waals surface area contributed by atoms with Gasteiger partial charge in [-0.2, -0.15) is 13.2 Å². The van der Waals surface area contributed by atoms with Crippen LogP contribution in [-0.4, -0.2) is 79.8 Å². The van der Waals surface area contributed by atoms with Gasteiger partial charge in [-0.15, -0.1) is 0 Å². The summed E-state index contributed by atoms with van der Waals surface area (Å²) in [6.45, 7) is 4.49. The molecule has 0 aromatic heterocycles. The van der Waals surface area contributed by atoms with Gasteiger partial charge in [-0.1, -0.05) is 11.6 Å². The quantitative estimate of drug-likeness (QED) is 0.559. The summed E-state index contributed by atoms with van der Waals surface area (Å²) < 4.78 is 63.9. The van der Waals surface area contributed by atoms with Crippen LogP contribution in [0, 0.1) is 5.92 Å². The Morgan fingerprint density at radius 2 is 1.92 bits per heavy atom. The highest BCUT2D eigenvalue weighted by molar-refractivity contribution is 7.90. The Morgan fingerprint density at radius 1 is 1.25 bits per heavy atom. The molecule has 0 radical (unpaired) electrons. The number of hydrogen-bond donors (Lipinski definition) is 1. The molecular weight excluding hydrogens is 519 g/mol. The molecule has 0 bridgehead atoms. The lowest BCUT2D eigenvalue weighted by molar-refractivity contribution is -0.137. The number of rotatable bonds is 7. The van der Waals surface area contributed by atoms with Crippen LogP contribution in [0.5, 0.6) is 0 Å². The monoisotopic (exact) mass is 551 g/mol. The van der Waals surface area contributed by atoms with Crippen molar-refractivity contribution in [3.63, 3.8) is 0 Å². The van der Waals surface area contributed by atoms with E-state index in [0.29, 0.717) is 37.9 Å². The summed E-state index contributed by atoms with van der Waals surface area (Å²) in [5.41, 5.74) is -1.37. The zero-order valence-corrected chi connectivity index (χ0v) is 22.4. The summed E-state index contributed by atoms with van der Waals surface area (Å²) in [5, 5.41) is 2.03. The van der Waals surface area contributed by atoms with E-state index in [0.717, 1.165) is 12.5 Å². The molecule has 0 unspecified atom stereocenters. The van der Waals surface area contributed by atoms with Crippen LogP contribution in [0.2, 0.25) is 5.02 Å². The lowest BCUT2D eigenvalue weighted by Crippen LogP contribution is -2.53. The highest BCUT2D eigenvalue weighted by Gasteiger charge is 2.44. The van der Waals surface area contributed by atoms with Gasteiger partial charge in [0.1, 0.15) is 15.9 Å². The van der Waals surface area contributed by atoms with Crippen LogP contribution in [0.3, 0.4) is 0 Å². The smallest absolute Gasteiger partial charge is 0.340 e. The van der Waals surface area contributed by atoms with Gasteiger partial charge >= 0.3 is 6.18 Å². The zero-order chi connectivity index (χ0) is 27.0.